The van der Waals surface area contributed by atoms with Gasteiger partial charge in [-0.1, -0.05) is 32.6 Å². The average Bonchev–Trinajstić information content (AvgIpc) is 2.82. The predicted molar refractivity (Wildman–Crippen MR) is 72.3 cm³/mol. The fourth-order valence-electron chi connectivity index (χ4n) is 3.44. The number of hydrogen-bond donors (Lipinski definition) is 2. The summed E-state index contributed by atoms with van der Waals surface area (Å²) < 4.78 is 27.2. The van der Waals surface area contributed by atoms with Gasteiger partial charge in [-0.15, -0.1) is 0 Å². The van der Waals surface area contributed by atoms with Gasteiger partial charge in [-0.2, -0.15) is 4.72 Å². The van der Waals surface area contributed by atoms with E-state index in [0.717, 1.165) is 25.7 Å². The lowest BCUT2D eigenvalue weighted by atomic mass is 9.77. The summed E-state index contributed by atoms with van der Waals surface area (Å²) in [5.74, 6) is -0.781. The zero-order chi connectivity index (χ0) is 14.1. The van der Waals surface area contributed by atoms with E-state index in [9.17, 15) is 18.3 Å². The van der Waals surface area contributed by atoms with Crippen LogP contribution in [0.5, 0.6) is 0 Å². The molecule has 2 aliphatic rings. The first-order chi connectivity index (χ1) is 8.86. The molecule has 110 valence electrons. The average molecular weight is 289 g/mol. The van der Waals surface area contributed by atoms with Gasteiger partial charge in [-0.05, 0) is 31.6 Å². The summed E-state index contributed by atoms with van der Waals surface area (Å²) in [6.45, 7) is 1.99. The Morgan fingerprint density at radius 2 is 1.84 bits per heavy atom. The van der Waals surface area contributed by atoms with Gasteiger partial charge in [-0.3, -0.25) is 4.79 Å². The molecule has 2 aliphatic carbocycles. The Labute approximate surface area is 114 Å². The molecule has 0 aliphatic heterocycles. The minimum absolute atomic E-state index is 0.246. The largest absolute Gasteiger partial charge is 0.480 e. The third-order valence-electron chi connectivity index (χ3n) is 4.49. The molecule has 5 nitrogen and oxygen atoms in total. The van der Waals surface area contributed by atoms with Crippen LogP contribution in [-0.4, -0.2) is 30.3 Å². The van der Waals surface area contributed by atoms with Crippen LogP contribution in [0.2, 0.25) is 0 Å². The maximum Gasteiger partial charge on any atom is 0.324 e. The summed E-state index contributed by atoms with van der Waals surface area (Å²) in [7, 11) is -3.52. The zero-order valence-corrected chi connectivity index (χ0v) is 12.2. The number of rotatable bonds is 4. The van der Waals surface area contributed by atoms with Crippen LogP contribution in [0, 0.1) is 5.92 Å². The maximum atomic E-state index is 12.3. The lowest BCUT2D eigenvalue weighted by molar-refractivity contribution is -0.146. The van der Waals surface area contributed by atoms with Crippen LogP contribution in [-0.2, 0) is 14.8 Å². The summed E-state index contributed by atoms with van der Waals surface area (Å²) in [5.41, 5.74) is -1.28. The van der Waals surface area contributed by atoms with Gasteiger partial charge >= 0.3 is 5.97 Å². The molecule has 0 saturated heterocycles. The van der Waals surface area contributed by atoms with Gasteiger partial charge < -0.3 is 5.11 Å². The molecule has 2 N–H and O–H groups in total. The van der Waals surface area contributed by atoms with Crippen molar-refractivity contribution >= 4 is 16.0 Å². The second-order valence-electron chi connectivity index (χ2n) is 6.14. The normalized spacial score (nSPS) is 33.4. The van der Waals surface area contributed by atoms with E-state index >= 15 is 0 Å². The highest BCUT2D eigenvalue weighted by atomic mass is 32.2. The Balaban J connectivity index is 2.18. The summed E-state index contributed by atoms with van der Waals surface area (Å²) in [6.07, 6.45) is 5.68. The molecule has 0 aromatic heterocycles. The fourth-order valence-corrected chi connectivity index (χ4v) is 5.37. The van der Waals surface area contributed by atoms with Crippen molar-refractivity contribution in [3.63, 3.8) is 0 Å². The minimum atomic E-state index is -3.52. The highest BCUT2D eigenvalue weighted by molar-refractivity contribution is 7.90. The van der Waals surface area contributed by atoms with Gasteiger partial charge in [0.2, 0.25) is 10.0 Å². The molecule has 0 spiro atoms. The lowest BCUT2D eigenvalue weighted by Gasteiger charge is -2.37. The van der Waals surface area contributed by atoms with Crippen LogP contribution < -0.4 is 4.72 Å². The van der Waals surface area contributed by atoms with Crippen LogP contribution in [0.25, 0.3) is 0 Å². The molecule has 2 fully saturated rings. The van der Waals surface area contributed by atoms with E-state index in [1.807, 2.05) is 6.92 Å². The van der Waals surface area contributed by atoms with Crippen LogP contribution >= 0.6 is 0 Å². The van der Waals surface area contributed by atoms with Gasteiger partial charge in [0.1, 0.15) is 5.54 Å². The van der Waals surface area contributed by atoms with Crippen molar-refractivity contribution in [1.82, 2.24) is 4.72 Å². The van der Waals surface area contributed by atoms with E-state index in [0.29, 0.717) is 25.7 Å². The van der Waals surface area contributed by atoms with Crippen LogP contribution in [0.15, 0.2) is 0 Å². The third kappa shape index (κ3) is 3.11. The molecular formula is C13H23NO4S. The summed E-state index contributed by atoms with van der Waals surface area (Å²) >= 11 is 0. The van der Waals surface area contributed by atoms with E-state index in [2.05, 4.69) is 4.72 Å². The van der Waals surface area contributed by atoms with Crippen LogP contribution in [0.3, 0.4) is 0 Å². The molecule has 6 heteroatoms. The number of carbonyl (C=O) groups is 1. The first-order valence-corrected chi connectivity index (χ1v) is 8.66. The SMILES string of the molecule is CC1CCCC(NS(=O)(=O)C2CCCC2)(C(=O)O)C1. The monoisotopic (exact) mass is 289 g/mol. The lowest BCUT2D eigenvalue weighted by Crippen LogP contribution is -2.58. The zero-order valence-electron chi connectivity index (χ0n) is 11.4. The summed E-state index contributed by atoms with van der Waals surface area (Å²) in [4.78, 5) is 11.6. The van der Waals surface area contributed by atoms with E-state index in [-0.39, 0.29) is 5.92 Å². The third-order valence-corrected chi connectivity index (χ3v) is 6.51. The Morgan fingerprint density at radius 3 is 2.37 bits per heavy atom. The minimum Gasteiger partial charge on any atom is -0.480 e. The second-order valence-corrected chi connectivity index (χ2v) is 8.10. The standard InChI is InChI=1S/C13H23NO4S/c1-10-5-4-8-13(9-10,12(15)16)14-19(17,18)11-6-2-3-7-11/h10-11,14H,2-9H2,1H3,(H,15,16). The van der Waals surface area contributed by atoms with Crippen molar-refractivity contribution < 1.29 is 18.3 Å². The first-order valence-electron chi connectivity index (χ1n) is 7.12. The van der Waals surface area contributed by atoms with Gasteiger partial charge in [0.15, 0.2) is 0 Å². The molecule has 0 aromatic carbocycles. The van der Waals surface area contributed by atoms with E-state index in [1.54, 1.807) is 0 Å². The predicted octanol–water partition coefficient (Wildman–Crippen LogP) is 1.88. The van der Waals surface area contributed by atoms with Crippen LogP contribution in [0.4, 0.5) is 0 Å². The number of carboxylic acid groups (broad SMARTS) is 1. The van der Waals surface area contributed by atoms with Crippen molar-refractivity contribution in [1.29, 1.82) is 0 Å². The second kappa shape index (κ2) is 5.40. The molecule has 0 heterocycles. The van der Waals surface area contributed by atoms with Gasteiger partial charge in [-0.25, -0.2) is 8.42 Å². The summed E-state index contributed by atoms with van der Waals surface area (Å²) in [5, 5.41) is 9.08. The van der Waals surface area contributed by atoms with E-state index in [1.165, 1.54) is 0 Å². The van der Waals surface area contributed by atoms with E-state index < -0.39 is 26.8 Å². The maximum absolute atomic E-state index is 12.3. The number of carboxylic acids is 1. The van der Waals surface area contributed by atoms with Crippen molar-refractivity contribution in [2.45, 2.75) is 69.1 Å². The molecule has 0 aromatic rings. The molecule has 0 radical (unpaired) electrons. The van der Waals surface area contributed by atoms with Crippen molar-refractivity contribution in [3.8, 4) is 0 Å². The number of nitrogens with one attached hydrogen (secondary N) is 1. The van der Waals surface area contributed by atoms with Gasteiger partial charge in [0.25, 0.3) is 0 Å². The summed E-state index contributed by atoms with van der Waals surface area (Å²) in [6, 6.07) is 0. The number of aliphatic carboxylic acids is 1. The molecule has 2 rings (SSSR count). The van der Waals surface area contributed by atoms with Gasteiger partial charge in [0, 0.05) is 0 Å². The molecule has 2 saturated carbocycles. The first kappa shape index (κ1) is 14.8. The molecule has 0 amide bonds. The Hall–Kier alpha value is -0.620. The Bertz CT molecular complexity index is 442. The number of hydrogen-bond acceptors (Lipinski definition) is 3. The highest BCUT2D eigenvalue weighted by Crippen LogP contribution is 2.34. The van der Waals surface area contributed by atoms with Crippen molar-refractivity contribution in [2.75, 3.05) is 0 Å². The van der Waals surface area contributed by atoms with Crippen molar-refractivity contribution in [2.24, 2.45) is 5.92 Å². The van der Waals surface area contributed by atoms with Gasteiger partial charge in [0.05, 0.1) is 5.25 Å². The quantitative estimate of drug-likeness (QED) is 0.827. The molecule has 2 unspecified atom stereocenters. The van der Waals surface area contributed by atoms with E-state index in [4.69, 9.17) is 0 Å². The fraction of sp³-hybridized carbons (Fsp3) is 0.923. The molecule has 19 heavy (non-hydrogen) atoms. The molecule has 2 atom stereocenters. The molecule has 0 bridgehead atoms. The topological polar surface area (TPSA) is 83.5 Å². The Morgan fingerprint density at radius 1 is 1.21 bits per heavy atom. The highest BCUT2D eigenvalue weighted by Gasteiger charge is 2.46. The van der Waals surface area contributed by atoms with Crippen LogP contribution in [0.1, 0.15) is 58.3 Å². The number of sulfonamides is 1. The molecular weight excluding hydrogens is 266 g/mol. The van der Waals surface area contributed by atoms with Crippen molar-refractivity contribution in [3.05, 3.63) is 0 Å². The smallest absolute Gasteiger partial charge is 0.324 e. The Kier molecular flexibility index (Phi) is 4.20.